The molecule has 0 aliphatic carbocycles. The second-order valence-corrected chi connectivity index (χ2v) is 9.09. The normalized spacial score (nSPS) is 20.3. The molecule has 9 nitrogen and oxygen atoms in total. The quantitative estimate of drug-likeness (QED) is 0.443. The molecule has 0 unspecified atom stereocenters. The van der Waals surface area contributed by atoms with Crippen LogP contribution >= 0.6 is 0 Å². The van der Waals surface area contributed by atoms with E-state index in [9.17, 15) is 18.3 Å². The lowest BCUT2D eigenvalue weighted by Gasteiger charge is -2.31. The van der Waals surface area contributed by atoms with Crippen LogP contribution in [0, 0.1) is 0 Å². The van der Waals surface area contributed by atoms with Gasteiger partial charge in [-0.25, -0.2) is 13.1 Å². The van der Waals surface area contributed by atoms with Gasteiger partial charge >= 0.3 is 0 Å². The maximum atomic E-state index is 12.8. The maximum Gasteiger partial charge on any atom is 0.244 e. The monoisotopic (exact) mass is 476 g/mol. The van der Waals surface area contributed by atoms with Gasteiger partial charge in [-0.3, -0.25) is 4.79 Å². The summed E-state index contributed by atoms with van der Waals surface area (Å²) in [5.41, 5.74) is 0.891. The number of ether oxygens (including phenoxy) is 3. The molecule has 178 valence electrons. The SMILES string of the molecule is COc1cccc(CNC(=O)C[C@@H]2C=C[C@@H](NS(=O)(=O)c3ccccc3OC)[C@H](CO)O2)c1. The summed E-state index contributed by atoms with van der Waals surface area (Å²) in [6.45, 7) is -0.0946. The summed E-state index contributed by atoms with van der Waals surface area (Å²) in [5.74, 6) is 0.668. The van der Waals surface area contributed by atoms with Crippen LogP contribution in [0.3, 0.4) is 0 Å². The fourth-order valence-corrected chi connectivity index (χ4v) is 4.82. The third kappa shape index (κ3) is 6.55. The number of para-hydroxylation sites is 1. The smallest absolute Gasteiger partial charge is 0.244 e. The van der Waals surface area contributed by atoms with Gasteiger partial charge in [0.1, 0.15) is 22.5 Å². The second-order valence-electron chi connectivity index (χ2n) is 7.41. The van der Waals surface area contributed by atoms with Gasteiger partial charge < -0.3 is 24.6 Å². The summed E-state index contributed by atoms with van der Waals surface area (Å²) >= 11 is 0. The third-order valence-electron chi connectivity index (χ3n) is 5.12. The highest BCUT2D eigenvalue weighted by molar-refractivity contribution is 7.89. The highest BCUT2D eigenvalue weighted by atomic mass is 32.2. The van der Waals surface area contributed by atoms with Gasteiger partial charge in [-0.1, -0.05) is 36.4 Å². The lowest BCUT2D eigenvalue weighted by Crippen LogP contribution is -2.49. The topological polar surface area (TPSA) is 123 Å². The van der Waals surface area contributed by atoms with E-state index in [0.29, 0.717) is 12.3 Å². The summed E-state index contributed by atoms with van der Waals surface area (Å²) in [6, 6.07) is 12.8. The average molecular weight is 477 g/mol. The molecule has 0 radical (unpaired) electrons. The molecule has 2 aromatic rings. The van der Waals surface area contributed by atoms with Crippen molar-refractivity contribution in [1.82, 2.24) is 10.0 Å². The summed E-state index contributed by atoms with van der Waals surface area (Å²) in [6.07, 6.45) is 1.79. The van der Waals surface area contributed by atoms with Crippen molar-refractivity contribution < 1.29 is 32.5 Å². The van der Waals surface area contributed by atoms with Crippen LogP contribution in [0.2, 0.25) is 0 Å². The molecule has 1 amide bonds. The summed E-state index contributed by atoms with van der Waals surface area (Å²) in [4.78, 5) is 12.3. The highest BCUT2D eigenvalue weighted by Gasteiger charge is 2.32. The van der Waals surface area contributed by atoms with Crippen LogP contribution in [0.4, 0.5) is 0 Å². The Hall–Kier alpha value is -2.92. The lowest BCUT2D eigenvalue weighted by molar-refractivity contribution is -0.125. The number of nitrogens with one attached hydrogen (secondary N) is 2. The molecular weight excluding hydrogens is 448 g/mol. The molecule has 0 aromatic heterocycles. The Morgan fingerprint density at radius 3 is 2.61 bits per heavy atom. The van der Waals surface area contributed by atoms with Gasteiger partial charge in [0.2, 0.25) is 15.9 Å². The molecule has 0 fully saturated rings. The molecule has 2 aromatic carbocycles. The van der Waals surface area contributed by atoms with Gasteiger partial charge in [0.25, 0.3) is 0 Å². The zero-order valence-electron chi connectivity index (χ0n) is 18.4. The standard InChI is InChI=1S/C23H28N2O7S/c1-30-17-7-5-6-16(12-17)14-24-23(27)13-18-10-11-19(21(15-26)32-18)25-33(28,29)22-9-4-3-8-20(22)31-2/h3-12,18-19,21,25-26H,13-15H2,1-2H3,(H,24,27)/t18-,19+,21-/m0/s1. The van der Waals surface area contributed by atoms with Crippen LogP contribution in [0.5, 0.6) is 11.5 Å². The molecule has 1 aliphatic rings. The van der Waals surface area contributed by atoms with Crippen LogP contribution < -0.4 is 19.5 Å². The van der Waals surface area contributed by atoms with Crippen molar-refractivity contribution >= 4 is 15.9 Å². The van der Waals surface area contributed by atoms with E-state index in [0.717, 1.165) is 5.56 Å². The molecule has 0 bridgehead atoms. The zero-order valence-corrected chi connectivity index (χ0v) is 19.2. The molecule has 1 aliphatic heterocycles. The van der Waals surface area contributed by atoms with Crippen LogP contribution in [-0.2, 0) is 26.1 Å². The van der Waals surface area contributed by atoms with E-state index in [4.69, 9.17) is 14.2 Å². The van der Waals surface area contributed by atoms with E-state index in [2.05, 4.69) is 10.0 Å². The van der Waals surface area contributed by atoms with Crippen molar-refractivity contribution in [2.75, 3.05) is 20.8 Å². The second kappa shape index (κ2) is 11.3. The molecule has 33 heavy (non-hydrogen) atoms. The van der Waals surface area contributed by atoms with Crippen LogP contribution in [0.25, 0.3) is 0 Å². The van der Waals surface area contributed by atoms with Gasteiger partial charge in [-0.15, -0.1) is 0 Å². The van der Waals surface area contributed by atoms with Gasteiger partial charge in [0.15, 0.2) is 0 Å². The molecule has 3 N–H and O–H groups in total. The van der Waals surface area contributed by atoms with Crippen molar-refractivity contribution in [2.45, 2.75) is 36.1 Å². The molecule has 1 heterocycles. The number of sulfonamides is 1. The van der Waals surface area contributed by atoms with E-state index in [-0.39, 0.29) is 23.0 Å². The lowest BCUT2D eigenvalue weighted by atomic mass is 10.1. The molecular formula is C23H28N2O7S. The number of hydrogen-bond donors (Lipinski definition) is 3. The van der Waals surface area contributed by atoms with Crippen molar-refractivity contribution in [2.24, 2.45) is 0 Å². The molecule has 0 spiro atoms. The number of methoxy groups -OCH3 is 2. The van der Waals surface area contributed by atoms with Crippen LogP contribution in [-0.4, -0.2) is 58.5 Å². The fourth-order valence-electron chi connectivity index (χ4n) is 3.43. The Balaban J connectivity index is 1.60. The Bertz CT molecular complexity index is 1090. The van der Waals surface area contributed by atoms with Crippen molar-refractivity contribution in [1.29, 1.82) is 0 Å². The molecule has 3 atom stereocenters. The van der Waals surface area contributed by atoms with Crippen LogP contribution in [0.15, 0.2) is 65.6 Å². The predicted octanol–water partition coefficient (Wildman–Crippen LogP) is 1.37. The molecule has 0 saturated heterocycles. The number of aliphatic hydroxyl groups excluding tert-OH is 1. The van der Waals surface area contributed by atoms with Crippen molar-refractivity contribution in [3.05, 3.63) is 66.2 Å². The van der Waals surface area contributed by atoms with Gasteiger partial charge in [0.05, 0.1) is 39.4 Å². The first-order valence-corrected chi connectivity index (χ1v) is 11.8. The molecule has 3 rings (SSSR count). The molecule has 10 heteroatoms. The minimum absolute atomic E-state index is 0.0170. The predicted molar refractivity (Wildman–Crippen MR) is 121 cm³/mol. The van der Waals surface area contributed by atoms with Gasteiger partial charge in [-0.05, 0) is 29.8 Å². The van der Waals surface area contributed by atoms with Gasteiger partial charge in [0, 0.05) is 6.54 Å². The minimum Gasteiger partial charge on any atom is -0.497 e. The number of hydrogen-bond acceptors (Lipinski definition) is 7. The first-order valence-electron chi connectivity index (χ1n) is 10.4. The zero-order chi connectivity index (χ0) is 23.8. The van der Waals surface area contributed by atoms with E-state index in [1.807, 2.05) is 24.3 Å². The minimum atomic E-state index is -3.94. The largest absolute Gasteiger partial charge is 0.497 e. The highest BCUT2D eigenvalue weighted by Crippen LogP contribution is 2.24. The Morgan fingerprint density at radius 2 is 1.88 bits per heavy atom. The maximum absolute atomic E-state index is 12.8. The van der Waals surface area contributed by atoms with E-state index < -0.39 is 34.9 Å². The number of aliphatic hydroxyl groups is 1. The summed E-state index contributed by atoms with van der Waals surface area (Å²) in [7, 11) is -0.976. The van der Waals surface area contributed by atoms with Gasteiger partial charge in [-0.2, -0.15) is 0 Å². The number of rotatable bonds is 10. The van der Waals surface area contributed by atoms with Crippen molar-refractivity contribution in [3.8, 4) is 11.5 Å². The summed E-state index contributed by atoms with van der Waals surface area (Å²) < 4.78 is 44.3. The fraction of sp³-hybridized carbons (Fsp3) is 0.348. The number of amides is 1. The summed E-state index contributed by atoms with van der Waals surface area (Å²) in [5, 5.41) is 12.6. The van der Waals surface area contributed by atoms with E-state index >= 15 is 0 Å². The first kappa shape index (κ1) is 24.7. The number of carbonyl (C=O) groups excluding carboxylic acids is 1. The first-order chi connectivity index (χ1) is 15.9. The number of carbonyl (C=O) groups is 1. The van der Waals surface area contributed by atoms with E-state index in [1.54, 1.807) is 37.5 Å². The molecule has 0 saturated carbocycles. The Kier molecular flexibility index (Phi) is 8.45. The number of benzene rings is 2. The average Bonchev–Trinajstić information content (AvgIpc) is 2.83. The Labute approximate surface area is 193 Å². The van der Waals surface area contributed by atoms with Crippen molar-refractivity contribution in [3.63, 3.8) is 0 Å². The Morgan fingerprint density at radius 1 is 1.09 bits per heavy atom. The third-order valence-corrected chi connectivity index (χ3v) is 6.62. The van der Waals surface area contributed by atoms with E-state index in [1.165, 1.54) is 13.2 Å². The van der Waals surface area contributed by atoms with Crippen LogP contribution in [0.1, 0.15) is 12.0 Å².